The molecule has 0 saturated heterocycles. The number of nitrogens with one attached hydrogen (secondary N) is 1. The van der Waals surface area contributed by atoms with Crippen LogP contribution in [-0.2, 0) is 9.84 Å². The summed E-state index contributed by atoms with van der Waals surface area (Å²) >= 11 is 1.23. The maximum Gasteiger partial charge on any atom is 0.349 e. The second-order valence-electron chi connectivity index (χ2n) is 7.16. The van der Waals surface area contributed by atoms with E-state index in [0.717, 1.165) is 6.07 Å². The minimum atomic E-state index is -3.96. The third-order valence-corrected chi connectivity index (χ3v) is 8.24. The first-order valence-corrected chi connectivity index (χ1v) is 12.0. The highest BCUT2D eigenvalue weighted by molar-refractivity contribution is 7.91. The van der Waals surface area contributed by atoms with E-state index in [1.807, 2.05) is 0 Å². The van der Waals surface area contributed by atoms with Crippen molar-refractivity contribution in [2.45, 2.75) is 17.1 Å². The van der Waals surface area contributed by atoms with Crippen LogP contribution in [0.5, 0.6) is 0 Å². The van der Waals surface area contributed by atoms with Crippen molar-refractivity contribution < 1.29 is 22.0 Å². The van der Waals surface area contributed by atoms with Gasteiger partial charge in [0.15, 0.2) is 9.84 Å². The van der Waals surface area contributed by atoms with Gasteiger partial charge in [-0.2, -0.15) is 0 Å². The molecule has 0 bridgehead atoms. The molecular formula is C23H18FNO5S2. The second kappa shape index (κ2) is 8.68. The summed E-state index contributed by atoms with van der Waals surface area (Å²) in [6, 6.07) is 15.1. The van der Waals surface area contributed by atoms with Crippen LogP contribution in [0.2, 0.25) is 0 Å². The van der Waals surface area contributed by atoms with E-state index in [1.54, 1.807) is 41.8 Å². The fourth-order valence-electron chi connectivity index (χ4n) is 3.30. The van der Waals surface area contributed by atoms with Crippen LogP contribution in [0.15, 0.2) is 80.2 Å². The van der Waals surface area contributed by atoms with Gasteiger partial charge in [0.1, 0.15) is 22.2 Å². The largest absolute Gasteiger partial charge is 0.422 e. The lowest BCUT2D eigenvalue weighted by molar-refractivity contribution is 0.0950. The molecule has 0 aliphatic carbocycles. The predicted molar refractivity (Wildman–Crippen MR) is 120 cm³/mol. The van der Waals surface area contributed by atoms with Crippen LogP contribution in [0.3, 0.4) is 0 Å². The van der Waals surface area contributed by atoms with Crippen molar-refractivity contribution in [2.75, 3.05) is 6.54 Å². The van der Waals surface area contributed by atoms with E-state index < -0.39 is 32.4 Å². The molecule has 1 N–H and O–H groups in total. The molecular weight excluding hydrogens is 453 g/mol. The van der Waals surface area contributed by atoms with Crippen LogP contribution in [0, 0.1) is 12.7 Å². The molecule has 0 unspecified atom stereocenters. The van der Waals surface area contributed by atoms with Gasteiger partial charge in [0.05, 0.1) is 4.90 Å². The zero-order valence-corrected chi connectivity index (χ0v) is 18.5. The number of para-hydroxylation sites is 1. The van der Waals surface area contributed by atoms with Crippen molar-refractivity contribution in [3.63, 3.8) is 0 Å². The highest BCUT2D eigenvalue weighted by Crippen LogP contribution is 2.32. The summed E-state index contributed by atoms with van der Waals surface area (Å²) in [5.41, 5.74) is -0.483. The molecule has 1 amide bonds. The molecule has 2 aromatic heterocycles. The van der Waals surface area contributed by atoms with E-state index >= 15 is 0 Å². The smallest absolute Gasteiger partial charge is 0.349 e. The third-order valence-electron chi connectivity index (χ3n) is 5.03. The Morgan fingerprint density at radius 2 is 1.91 bits per heavy atom. The van der Waals surface area contributed by atoms with Gasteiger partial charge in [-0.25, -0.2) is 17.6 Å². The fraction of sp³-hybridized carbons (Fsp3) is 0.130. The van der Waals surface area contributed by atoms with E-state index in [9.17, 15) is 22.4 Å². The molecule has 2 heterocycles. The minimum absolute atomic E-state index is 0.0470. The van der Waals surface area contributed by atoms with Crippen LogP contribution < -0.4 is 10.9 Å². The van der Waals surface area contributed by atoms with Crippen LogP contribution in [0.4, 0.5) is 4.39 Å². The van der Waals surface area contributed by atoms with Gasteiger partial charge >= 0.3 is 5.63 Å². The van der Waals surface area contributed by atoms with E-state index in [1.165, 1.54) is 36.5 Å². The summed E-state index contributed by atoms with van der Waals surface area (Å²) in [6.45, 7) is 1.21. The summed E-state index contributed by atoms with van der Waals surface area (Å²) in [4.78, 5) is 25.5. The Hall–Kier alpha value is -3.30. The van der Waals surface area contributed by atoms with Crippen molar-refractivity contribution in [3.8, 4) is 0 Å². The van der Waals surface area contributed by atoms with E-state index in [2.05, 4.69) is 5.32 Å². The first kappa shape index (κ1) is 21.9. The zero-order valence-electron chi connectivity index (χ0n) is 16.9. The average Bonchev–Trinajstić information content (AvgIpc) is 3.29. The number of rotatable bonds is 6. The summed E-state index contributed by atoms with van der Waals surface area (Å²) in [5.74, 6) is -1.25. The molecule has 9 heteroatoms. The number of halogens is 1. The lowest BCUT2D eigenvalue weighted by atomic mass is 10.2. The van der Waals surface area contributed by atoms with Crippen LogP contribution in [-0.4, -0.2) is 20.9 Å². The van der Waals surface area contributed by atoms with Gasteiger partial charge in [0.25, 0.3) is 5.91 Å². The lowest BCUT2D eigenvalue weighted by Crippen LogP contribution is -2.34. The molecule has 6 nitrogen and oxygen atoms in total. The van der Waals surface area contributed by atoms with Crippen molar-refractivity contribution in [2.24, 2.45) is 0 Å². The maximum atomic E-state index is 13.7. The van der Waals surface area contributed by atoms with E-state index in [-0.39, 0.29) is 22.6 Å². The molecule has 2 aromatic carbocycles. The molecule has 0 aliphatic rings. The molecule has 32 heavy (non-hydrogen) atoms. The Bertz CT molecular complexity index is 1460. The fourth-order valence-corrected chi connectivity index (χ4v) is 6.16. The number of carbonyl (C=O) groups is 1. The van der Waals surface area contributed by atoms with Gasteiger partial charge in [0, 0.05) is 16.8 Å². The van der Waals surface area contributed by atoms with Crippen LogP contribution in [0.25, 0.3) is 11.0 Å². The number of amides is 1. The van der Waals surface area contributed by atoms with Crippen molar-refractivity contribution >= 4 is 38.1 Å². The molecule has 0 radical (unpaired) electrons. The number of benzene rings is 2. The predicted octanol–water partition coefficient (Wildman–Crippen LogP) is 4.25. The number of thiophene rings is 1. The van der Waals surface area contributed by atoms with Crippen LogP contribution in [0.1, 0.15) is 26.0 Å². The average molecular weight is 472 g/mol. The highest BCUT2D eigenvalue weighted by Gasteiger charge is 2.31. The normalized spacial score (nSPS) is 12.6. The number of hydrogen-bond acceptors (Lipinski definition) is 6. The minimum Gasteiger partial charge on any atom is -0.422 e. The molecule has 0 spiro atoms. The van der Waals surface area contributed by atoms with Gasteiger partial charge in [-0.3, -0.25) is 4.79 Å². The summed E-state index contributed by atoms with van der Waals surface area (Å²) < 4.78 is 45.5. The summed E-state index contributed by atoms with van der Waals surface area (Å²) in [7, 11) is -3.96. The highest BCUT2D eigenvalue weighted by atomic mass is 32.2. The van der Waals surface area contributed by atoms with Gasteiger partial charge in [-0.15, -0.1) is 11.3 Å². The van der Waals surface area contributed by atoms with Crippen molar-refractivity contribution in [3.05, 3.63) is 98.3 Å². The number of hydrogen-bond donors (Lipinski definition) is 1. The first-order valence-electron chi connectivity index (χ1n) is 9.62. The molecule has 4 aromatic rings. The number of sulfone groups is 1. The lowest BCUT2D eigenvalue weighted by Gasteiger charge is -2.18. The maximum absolute atomic E-state index is 13.7. The molecule has 0 aliphatic heterocycles. The SMILES string of the molecule is Cc1cc(S(=O)(=O)[C@@H](CNC(=O)c2cc3ccccc3oc2=O)c2cccs2)ccc1F. The standard InChI is InChI=1S/C23H18FNO5S2/c1-14-11-16(8-9-18(14)24)32(28,29)21(20-7-4-10-31-20)13-25-22(26)17-12-15-5-2-3-6-19(15)30-23(17)27/h2-12,21H,13H2,1H3,(H,25,26)/t21-/m0/s1. The van der Waals surface area contributed by atoms with Gasteiger partial charge in [-0.05, 0) is 54.3 Å². The second-order valence-corrected chi connectivity index (χ2v) is 10.3. The topological polar surface area (TPSA) is 93.4 Å². The van der Waals surface area contributed by atoms with E-state index in [0.29, 0.717) is 15.8 Å². The Kier molecular flexibility index (Phi) is 5.94. The number of fused-ring (bicyclic) bond motifs is 1. The van der Waals surface area contributed by atoms with E-state index in [4.69, 9.17) is 4.42 Å². The Balaban J connectivity index is 1.65. The van der Waals surface area contributed by atoms with Crippen molar-refractivity contribution in [1.82, 2.24) is 5.32 Å². The summed E-state index contributed by atoms with van der Waals surface area (Å²) in [5, 5.41) is 3.74. The van der Waals surface area contributed by atoms with Gasteiger partial charge in [0.2, 0.25) is 0 Å². The Morgan fingerprint density at radius 3 is 2.62 bits per heavy atom. The Labute approximate surface area is 187 Å². The molecule has 164 valence electrons. The number of aryl methyl sites for hydroxylation is 1. The molecule has 0 fully saturated rings. The molecule has 1 atom stereocenters. The number of carbonyl (C=O) groups excluding carboxylic acids is 1. The third kappa shape index (κ3) is 4.21. The molecule has 4 rings (SSSR count). The van der Waals surface area contributed by atoms with Gasteiger partial charge < -0.3 is 9.73 Å². The zero-order chi connectivity index (χ0) is 22.9. The summed E-state index contributed by atoms with van der Waals surface area (Å²) in [6.07, 6.45) is 0. The first-order chi connectivity index (χ1) is 15.3. The quantitative estimate of drug-likeness (QED) is 0.335. The van der Waals surface area contributed by atoms with Gasteiger partial charge in [-0.1, -0.05) is 24.3 Å². The monoisotopic (exact) mass is 471 g/mol. The Morgan fingerprint density at radius 1 is 1.12 bits per heavy atom. The van der Waals surface area contributed by atoms with Crippen LogP contribution >= 0.6 is 11.3 Å². The van der Waals surface area contributed by atoms with Crippen molar-refractivity contribution in [1.29, 1.82) is 0 Å². The molecule has 0 saturated carbocycles.